The van der Waals surface area contributed by atoms with Gasteiger partial charge in [0.25, 0.3) is 10.0 Å². The molecular formula is C15H15Cl2NO4S2. The van der Waals surface area contributed by atoms with Crippen LogP contribution in [0.15, 0.2) is 23.1 Å². The lowest BCUT2D eigenvalue weighted by atomic mass is 10.1. The highest BCUT2D eigenvalue weighted by Crippen LogP contribution is 2.40. The first-order valence-electron chi connectivity index (χ1n) is 7.24. The number of hydrogen-bond donors (Lipinski definition) is 1. The molecule has 1 aromatic carbocycles. The van der Waals surface area contributed by atoms with Crippen LogP contribution in [0.2, 0.25) is 8.67 Å². The lowest BCUT2D eigenvalue weighted by Crippen LogP contribution is -2.13. The van der Waals surface area contributed by atoms with E-state index in [9.17, 15) is 8.42 Å². The third-order valence-corrected chi connectivity index (χ3v) is 6.58. The molecule has 130 valence electrons. The fourth-order valence-electron chi connectivity index (χ4n) is 2.50. The molecule has 5 nitrogen and oxygen atoms in total. The zero-order valence-electron chi connectivity index (χ0n) is 12.9. The molecule has 3 rings (SSSR count). The summed E-state index contributed by atoms with van der Waals surface area (Å²) in [5, 5.41) is 0. The van der Waals surface area contributed by atoms with Crippen LogP contribution in [-0.2, 0) is 16.4 Å². The van der Waals surface area contributed by atoms with Crippen molar-refractivity contribution in [2.24, 2.45) is 0 Å². The van der Waals surface area contributed by atoms with Crippen molar-refractivity contribution in [3.63, 3.8) is 0 Å². The fourth-order valence-corrected chi connectivity index (χ4v) is 5.71. The predicted molar refractivity (Wildman–Crippen MR) is 96.6 cm³/mol. The van der Waals surface area contributed by atoms with Crippen molar-refractivity contribution >= 4 is 50.2 Å². The first-order chi connectivity index (χ1) is 11.3. The van der Waals surface area contributed by atoms with Gasteiger partial charge in [-0.15, -0.1) is 11.3 Å². The number of hydrogen-bond acceptors (Lipinski definition) is 5. The summed E-state index contributed by atoms with van der Waals surface area (Å²) < 4.78 is 39.4. The standard InChI is InChI=1S/C15H15Cl2NO4S2/c1-3-21-12-5-9-4-8(2)22-11(9)6-10(12)18-24(19,20)13-7-14(16)23-15(13)17/h5-8,18H,3-4H2,1-2H3. The van der Waals surface area contributed by atoms with E-state index in [0.29, 0.717) is 28.1 Å². The van der Waals surface area contributed by atoms with Crippen molar-refractivity contribution in [2.45, 2.75) is 31.3 Å². The van der Waals surface area contributed by atoms with E-state index in [1.54, 1.807) is 6.07 Å². The normalized spacial score (nSPS) is 16.6. The zero-order valence-corrected chi connectivity index (χ0v) is 16.1. The molecule has 0 aliphatic carbocycles. The third kappa shape index (κ3) is 3.44. The van der Waals surface area contributed by atoms with Crippen molar-refractivity contribution in [1.82, 2.24) is 0 Å². The number of benzene rings is 1. The minimum atomic E-state index is -3.89. The molecule has 0 fully saturated rings. The van der Waals surface area contributed by atoms with Gasteiger partial charge in [0.15, 0.2) is 0 Å². The maximum atomic E-state index is 12.6. The summed E-state index contributed by atoms with van der Waals surface area (Å²) in [5.41, 5.74) is 1.30. The summed E-state index contributed by atoms with van der Waals surface area (Å²) in [5.74, 6) is 1.10. The van der Waals surface area contributed by atoms with Gasteiger partial charge in [-0.2, -0.15) is 0 Å². The van der Waals surface area contributed by atoms with Gasteiger partial charge in [0.05, 0.1) is 16.6 Å². The van der Waals surface area contributed by atoms with Crippen molar-refractivity contribution in [3.05, 3.63) is 32.4 Å². The summed E-state index contributed by atoms with van der Waals surface area (Å²) in [6.07, 6.45) is 0.806. The van der Waals surface area contributed by atoms with Crippen LogP contribution in [0.3, 0.4) is 0 Å². The second kappa shape index (κ2) is 6.63. The second-order valence-electron chi connectivity index (χ2n) is 5.32. The molecule has 0 amide bonds. The first-order valence-corrected chi connectivity index (χ1v) is 10.3. The Labute approximate surface area is 154 Å². The number of halogens is 2. The molecule has 24 heavy (non-hydrogen) atoms. The highest BCUT2D eigenvalue weighted by molar-refractivity contribution is 7.93. The Balaban J connectivity index is 2.00. The Bertz CT molecular complexity index is 880. The van der Waals surface area contributed by atoms with Crippen LogP contribution < -0.4 is 14.2 Å². The zero-order chi connectivity index (χ0) is 17.5. The number of thiophene rings is 1. The van der Waals surface area contributed by atoms with Gasteiger partial charge in [-0.1, -0.05) is 23.2 Å². The molecule has 1 unspecified atom stereocenters. The van der Waals surface area contributed by atoms with Crippen LogP contribution in [0.4, 0.5) is 5.69 Å². The molecule has 1 aromatic heterocycles. The molecule has 9 heteroatoms. The van der Waals surface area contributed by atoms with Gasteiger partial charge in [0, 0.05) is 18.1 Å². The molecule has 1 aliphatic heterocycles. The van der Waals surface area contributed by atoms with Gasteiger partial charge in [-0.25, -0.2) is 8.42 Å². The van der Waals surface area contributed by atoms with Crippen LogP contribution in [0.1, 0.15) is 19.4 Å². The van der Waals surface area contributed by atoms with Crippen molar-refractivity contribution in [1.29, 1.82) is 0 Å². The van der Waals surface area contributed by atoms with Crippen molar-refractivity contribution in [2.75, 3.05) is 11.3 Å². The van der Waals surface area contributed by atoms with E-state index in [2.05, 4.69) is 4.72 Å². The molecule has 0 radical (unpaired) electrons. The Hall–Kier alpha value is -1.15. The van der Waals surface area contributed by atoms with E-state index in [1.165, 1.54) is 6.07 Å². The Morgan fingerprint density at radius 1 is 1.38 bits per heavy atom. The molecule has 0 bridgehead atoms. The van der Waals surface area contributed by atoms with E-state index in [1.807, 2.05) is 19.9 Å². The summed E-state index contributed by atoms with van der Waals surface area (Å²) in [6.45, 7) is 4.20. The maximum absolute atomic E-state index is 12.6. The summed E-state index contributed by atoms with van der Waals surface area (Å²) >= 11 is 12.8. The molecule has 2 heterocycles. The summed E-state index contributed by atoms with van der Waals surface area (Å²) in [4.78, 5) is -0.0589. The molecule has 2 aromatic rings. The Kier molecular flexibility index (Phi) is 4.88. The molecule has 0 spiro atoms. The topological polar surface area (TPSA) is 64.6 Å². The molecule has 0 saturated heterocycles. The average molecular weight is 408 g/mol. The maximum Gasteiger partial charge on any atom is 0.264 e. The van der Waals surface area contributed by atoms with Crippen LogP contribution in [-0.4, -0.2) is 21.1 Å². The quantitative estimate of drug-likeness (QED) is 0.787. The molecule has 0 saturated carbocycles. The van der Waals surface area contributed by atoms with Gasteiger partial charge >= 0.3 is 0 Å². The lowest BCUT2D eigenvalue weighted by Gasteiger charge is -2.14. The van der Waals surface area contributed by atoms with E-state index >= 15 is 0 Å². The predicted octanol–water partition coefficient (Wildman–Crippen LogP) is 4.58. The number of ether oxygens (including phenoxy) is 2. The summed E-state index contributed by atoms with van der Waals surface area (Å²) in [6, 6.07) is 4.77. The highest BCUT2D eigenvalue weighted by atomic mass is 35.5. The number of sulfonamides is 1. The Morgan fingerprint density at radius 3 is 2.75 bits per heavy atom. The number of fused-ring (bicyclic) bond motifs is 1. The highest BCUT2D eigenvalue weighted by Gasteiger charge is 2.26. The number of nitrogens with one attached hydrogen (secondary N) is 1. The van der Waals surface area contributed by atoms with Crippen LogP contribution in [0.25, 0.3) is 0 Å². The lowest BCUT2D eigenvalue weighted by molar-refractivity contribution is 0.254. The molecule has 1 N–H and O–H groups in total. The second-order valence-corrected chi connectivity index (χ2v) is 9.25. The van der Waals surface area contributed by atoms with Gasteiger partial charge in [0.1, 0.15) is 26.8 Å². The van der Waals surface area contributed by atoms with Gasteiger partial charge in [0.2, 0.25) is 0 Å². The number of anilines is 1. The minimum absolute atomic E-state index is 0.0476. The van der Waals surface area contributed by atoms with Crippen molar-refractivity contribution < 1.29 is 17.9 Å². The van der Waals surface area contributed by atoms with Gasteiger partial charge < -0.3 is 9.47 Å². The Morgan fingerprint density at radius 2 is 2.12 bits per heavy atom. The number of rotatable bonds is 5. The van der Waals surface area contributed by atoms with Crippen LogP contribution >= 0.6 is 34.5 Å². The smallest absolute Gasteiger partial charge is 0.264 e. The average Bonchev–Trinajstić information content (AvgIpc) is 3.00. The fraction of sp³-hybridized carbons (Fsp3) is 0.333. The van der Waals surface area contributed by atoms with E-state index in [4.69, 9.17) is 32.7 Å². The minimum Gasteiger partial charge on any atom is -0.492 e. The molecular weight excluding hydrogens is 393 g/mol. The van der Waals surface area contributed by atoms with E-state index < -0.39 is 10.0 Å². The van der Waals surface area contributed by atoms with Crippen molar-refractivity contribution in [3.8, 4) is 11.5 Å². The monoisotopic (exact) mass is 407 g/mol. The van der Waals surface area contributed by atoms with E-state index in [0.717, 1.165) is 23.3 Å². The van der Waals surface area contributed by atoms with Gasteiger partial charge in [-0.05, 0) is 26.0 Å². The first kappa shape index (κ1) is 17.7. The van der Waals surface area contributed by atoms with Crippen LogP contribution in [0.5, 0.6) is 11.5 Å². The van der Waals surface area contributed by atoms with E-state index in [-0.39, 0.29) is 15.3 Å². The molecule has 1 atom stereocenters. The molecule has 1 aliphatic rings. The summed E-state index contributed by atoms with van der Waals surface area (Å²) in [7, 11) is -3.89. The largest absolute Gasteiger partial charge is 0.492 e. The SMILES string of the molecule is CCOc1cc2c(cc1NS(=O)(=O)c1cc(Cl)sc1Cl)OC(C)C2. The van der Waals surface area contributed by atoms with Crippen LogP contribution in [0, 0.1) is 0 Å². The van der Waals surface area contributed by atoms with Gasteiger partial charge in [-0.3, -0.25) is 4.72 Å². The third-order valence-electron chi connectivity index (χ3n) is 3.46.